The van der Waals surface area contributed by atoms with Crippen molar-refractivity contribution >= 4 is 45.6 Å². The van der Waals surface area contributed by atoms with Crippen molar-refractivity contribution < 1.29 is 4.79 Å². The third kappa shape index (κ3) is 4.38. The van der Waals surface area contributed by atoms with Crippen LogP contribution in [0.15, 0.2) is 0 Å². The van der Waals surface area contributed by atoms with E-state index in [1.54, 1.807) is 4.90 Å². The normalized spacial score (nSPS) is 19.2. The molecule has 0 aromatic rings. The lowest BCUT2D eigenvalue weighted by Crippen LogP contribution is -2.53. The Hall–Kier alpha value is 0.455. The maximum Gasteiger partial charge on any atom is 0.240 e. The summed E-state index contributed by atoms with van der Waals surface area (Å²) in [7, 11) is 5.65. The van der Waals surface area contributed by atoms with Crippen LogP contribution in [0.3, 0.4) is 0 Å². The Kier molecular flexibility index (Phi) is 5.33. The van der Waals surface area contributed by atoms with Gasteiger partial charge in [0.05, 0.1) is 0 Å². The molecule has 1 rings (SSSR count). The molecular weight excluding hydrogens is 335 g/mol. The van der Waals surface area contributed by atoms with Gasteiger partial charge in [-0.1, -0.05) is 45.7 Å². The van der Waals surface area contributed by atoms with Crippen LogP contribution in [0.1, 0.15) is 13.8 Å². The molecule has 0 aromatic carbocycles. The molecule has 1 saturated heterocycles. The van der Waals surface area contributed by atoms with E-state index in [9.17, 15) is 4.79 Å². The molecule has 3 nitrogen and oxygen atoms in total. The van der Waals surface area contributed by atoms with Gasteiger partial charge in [-0.3, -0.25) is 9.69 Å². The first-order valence-corrected chi connectivity index (χ1v) is 7.07. The second-order valence-electron chi connectivity index (χ2n) is 4.61. The second-order valence-corrected chi connectivity index (χ2v) is 8.18. The third-order valence-corrected chi connectivity index (χ3v) is 3.25. The molecule has 1 fully saturated rings. The minimum atomic E-state index is -1.11. The SMILES string of the molecule is [B]C(Br)(Br)C(=O)N1CCN(CC(C)C)CC1. The van der Waals surface area contributed by atoms with Crippen LogP contribution in [0.4, 0.5) is 0 Å². The molecule has 1 aliphatic rings. The van der Waals surface area contributed by atoms with Gasteiger partial charge in [-0.2, -0.15) is 0 Å². The molecule has 6 heteroatoms. The highest BCUT2D eigenvalue weighted by atomic mass is 79.9. The molecule has 0 aromatic heterocycles. The van der Waals surface area contributed by atoms with E-state index in [1.165, 1.54) is 0 Å². The van der Waals surface area contributed by atoms with Crippen LogP contribution >= 0.6 is 31.9 Å². The highest BCUT2D eigenvalue weighted by Crippen LogP contribution is 2.25. The Morgan fingerprint density at radius 2 is 1.81 bits per heavy atom. The van der Waals surface area contributed by atoms with Crippen molar-refractivity contribution in [2.75, 3.05) is 32.7 Å². The standard InChI is InChI=1S/C10H17BBr2N2O/c1-8(2)7-14-3-5-15(6-4-14)9(16)10(11,12)13/h8H,3-7H2,1-2H3. The number of halogens is 2. The summed E-state index contributed by atoms with van der Waals surface area (Å²) in [6.07, 6.45) is 0. The molecule has 2 radical (unpaired) electrons. The maximum atomic E-state index is 11.8. The fourth-order valence-electron chi connectivity index (χ4n) is 1.86. The first-order valence-electron chi connectivity index (χ1n) is 5.49. The molecule has 0 bridgehead atoms. The van der Waals surface area contributed by atoms with Crippen LogP contribution in [0.25, 0.3) is 0 Å². The Morgan fingerprint density at radius 1 is 1.31 bits per heavy atom. The van der Waals surface area contributed by atoms with Crippen molar-refractivity contribution in [1.29, 1.82) is 0 Å². The van der Waals surface area contributed by atoms with Crippen LogP contribution in [0.5, 0.6) is 0 Å². The Morgan fingerprint density at radius 3 is 2.19 bits per heavy atom. The molecule has 1 amide bonds. The smallest absolute Gasteiger partial charge is 0.240 e. The lowest BCUT2D eigenvalue weighted by molar-refractivity contribution is -0.131. The average Bonchev–Trinajstić information content (AvgIpc) is 2.15. The molecule has 16 heavy (non-hydrogen) atoms. The molecule has 0 N–H and O–H groups in total. The van der Waals surface area contributed by atoms with Gasteiger partial charge in [-0.05, 0) is 5.92 Å². The molecule has 0 spiro atoms. The van der Waals surface area contributed by atoms with Crippen LogP contribution in [0, 0.1) is 5.92 Å². The zero-order valence-corrected chi connectivity index (χ0v) is 12.9. The van der Waals surface area contributed by atoms with Gasteiger partial charge in [0.1, 0.15) is 11.0 Å². The second kappa shape index (κ2) is 5.87. The minimum absolute atomic E-state index is 0.100. The molecule has 90 valence electrons. The molecular formula is C10H17BBr2N2O. The number of carbonyl (C=O) groups excluding carboxylic acids is 1. The maximum absolute atomic E-state index is 11.8. The molecule has 1 heterocycles. The highest BCUT2D eigenvalue weighted by Gasteiger charge is 2.32. The number of piperazine rings is 1. The van der Waals surface area contributed by atoms with Crippen LogP contribution in [-0.2, 0) is 4.79 Å². The summed E-state index contributed by atoms with van der Waals surface area (Å²) in [6, 6.07) is 0. The van der Waals surface area contributed by atoms with Gasteiger partial charge in [0.25, 0.3) is 0 Å². The van der Waals surface area contributed by atoms with Gasteiger partial charge in [0.2, 0.25) is 5.91 Å². The monoisotopic (exact) mass is 350 g/mol. The summed E-state index contributed by atoms with van der Waals surface area (Å²) >= 11 is 6.25. The van der Waals surface area contributed by atoms with Crippen LogP contribution < -0.4 is 0 Å². The van der Waals surface area contributed by atoms with Gasteiger partial charge in [-0.25, -0.2) is 0 Å². The molecule has 0 atom stereocenters. The summed E-state index contributed by atoms with van der Waals surface area (Å²) in [6.45, 7) is 8.88. The Balaban J connectivity index is 2.40. The number of amides is 1. The van der Waals surface area contributed by atoms with Crippen LogP contribution in [0.2, 0.25) is 0 Å². The van der Waals surface area contributed by atoms with Gasteiger partial charge >= 0.3 is 0 Å². The first kappa shape index (κ1) is 14.5. The number of hydrogen-bond donors (Lipinski definition) is 0. The molecule has 0 unspecified atom stereocenters. The number of carbonyl (C=O) groups is 1. The van der Waals surface area contributed by atoms with Crippen LogP contribution in [-0.4, -0.2) is 59.4 Å². The summed E-state index contributed by atoms with van der Waals surface area (Å²) in [5.41, 5.74) is 0. The quantitative estimate of drug-likeness (QED) is 0.567. The Labute approximate surface area is 116 Å². The van der Waals surface area contributed by atoms with Crippen molar-refractivity contribution in [2.24, 2.45) is 5.92 Å². The average molecular weight is 352 g/mol. The van der Waals surface area contributed by atoms with Crippen molar-refractivity contribution in [3.8, 4) is 0 Å². The fourth-order valence-corrected chi connectivity index (χ4v) is 2.36. The lowest BCUT2D eigenvalue weighted by Gasteiger charge is -2.37. The largest absolute Gasteiger partial charge is 0.339 e. The number of nitrogens with zero attached hydrogens (tertiary/aromatic N) is 2. The zero-order chi connectivity index (χ0) is 12.3. The third-order valence-electron chi connectivity index (χ3n) is 2.57. The van der Waals surface area contributed by atoms with Crippen molar-refractivity contribution in [3.05, 3.63) is 0 Å². The highest BCUT2D eigenvalue weighted by molar-refractivity contribution is 9.26. The van der Waals surface area contributed by atoms with Gasteiger partial charge in [-0.15, -0.1) is 0 Å². The van der Waals surface area contributed by atoms with E-state index >= 15 is 0 Å². The molecule has 0 saturated carbocycles. The first-order chi connectivity index (χ1) is 7.30. The summed E-state index contributed by atoms with van der Waals surface area (Å²) in [5, 5.41) is 0. The van der Waals surface area contributed by atoms with E-state index in [4.69, 9.17) is 7.85 Å². The molecule has 0 aliphatic carbocycles. The predicted molar refractivity (Wildman–Crippen MR) is 74.2 cm³/mol. The Bertz CT molecular complexity index is 248. The van der Waals surface area contributed by atoms with E-state index in [-0.39, 0.29) is 5.91 Å². The molecule has 1 aliphatic heterocycles. The number of rotatable bonds is 3. The fraction of sp³-hybridized carbons (Fsp3) is 0.900. The van der Waals surface area contributed by atoms with Crippen molar-refractivity contribution in [1.82, 2.24) is 9.80 Å². The zero-order valence-electron chi connectivity index (χ0n) is 9.75. The minimum Gasteiger partial charge on any atom is -0.339 e. The van der Waals surface area contributed by atoms with Gasteiger partial charge in [0.15, 0.2) is 0 Å². The summed E-state index contributed by atoms with van der Waals surface area (Å²) < 4.78 is -1.11. The van der Waals surface area contributed by atoms with Gasteiger partial charge in [0, 0.05) is 32.7 Å². The van der Waals surface area contributed by atoms with E-state index in [0.717, 1.165) is 32.7 Å². The summed E-state index contributed by atoms with van der Waals surface area (Å²) in [4.78, 5) is 16.0. The van der Waals surface area contributed by atoms with E-state index < -0.39 is 3.13 Å². The number of hydrogen-bond acceptors (Lipinski definition) is 2. The van der Waals surface area contributed by atoms with E-state index in [0.29, 0.717) is 5.92 Å². The van der Waals surface area contributed by atoms with E-state index in [1.807, 2.05) is 0 Å². The van der Waals surface area contributed by atoms with Gasteiger partial charge < -0.3 is 4.90 Å². The lowest BCUT2D eigenvalue weighted by atomic mass is 10.0. The van der Waals surface area contributed by atoms with Crippen molar-refractivity contribution in [2.45, 2.75) is 17.0 Å². The topological polar surface area (TPSA) is 23.6 Å². The predicted octanol–water partition coefficient (Wildman–Crippen LogP) is 1.40. The van der Waals surface area contributed by atoms with E-state index in [2.05, 4.69) is 50.6 Å². The number of alkyl halides is 2. The van der Waals surface area contributed by atoms with Crippen molar-refractivity contribution in [3.63, 3.8) is 0 Å². The summed E-state index contributed by atoms with van der Waals surface area (Å²) in [5.74, 6) is 0.569.